The number of nitriles is 1. The maximum absolute atomic E-state index is 12.7. The molecule has 0 spiro atoms. The van der Waals surface area contributed by atoms with Crippen molar-refractivity contribution in [2.24, 2.45) is 0 Å². The molecule has 0 unspecified atom stereocenters. The molecule has 3 rings (SSSR count). The Balaban J connectivity index is 2.38. The normalized spacial score (nSPS) is 10.3. The third-order valence-electron chi connectivity index (χ3n) is 3.41. The lowest BCUT2D eigenvalue weighted by atomic mass is 10.2. The summed E-state index contributed by atoms with van der Waals surface area (Å²) in [7, 11) is 0. The molecule has 0 saturated carbocycles. The van der Waals surface area contributed by atoms with Gasteiger partial charge in [-0.3, -0.25) is 14.3 Å². The van der Waals surface area contributed by atoms with Crippen molar-refractivity contribution in [2.45, 2.75) is 11.9 Å². The van der Waals surface area contributed by atoms with Crippen LogP contribution in [0.5, 0.6) is 0 Å². The van der Waals surface area contributed by atoms with Crippen molar-refractivity contribution in [3.63, 3.8) is 0 Å². The third-order valence-corrected chi connectivity index (χ3v) is 3.73. The highest BCUT2D eigenvalue weighted by Gasteiger charge is 2.17. The van der Waals surface area contributed by atoms with E-state index in [0.717, 1.165) is 11.1 Å². The first-order chi connectivity index (χ1) is 11.1. The molecule has 0 atom stereocenters. The fourth-order valence-corrected chi connectivity index (χ4v) is 2.48. The van der Waals surface area contributed by atoms with Gasteiger partial charge in [0.1, 0.15) is 22.5 Å². The highest BCUT2D eigenvalue weighted by atomic mass is 32.1. The molecule has 0 aliphatic carbocycles. The summed E-state index contributed by atoms with van der Waals surface area (Å²) in [5.74, 6) is 0.422. The van der Waals surface area contributed by atoms with E-state index < -0.39 is 5.56 Å². The molecule has 0 aliphatic rings. The Morgan fingerprint density at radius 2 is 1.78 bits per heavy atom. The average molecular weight is 320 g/mol. The largest absolute Gasteiger partial charge is 0.277 e. The van der Waals surface area contributed by atoms with Gasteiger partial charge in [0.05, 0.1) is 5.69 Å². The fourth-order valence-electron chi connectivity index (χ4n) is 2.24. The minimum Gasteiger partial charge on any atom is -0.267 e. The Kier molecular flexibility index (Phi) is 3.96. The van der Waals surface area contributed by atoms with Gasteiger partial charge in [-0.25, -0.2) is 4.98 Å². The summed E-state index contributed by atoms with van der Waals surface area (Å²) in [6.45, 7) is 1.96. The van der Waals surface area contributed by atoms with E-state index in [1.807, 2.05) is 37.3 Å². The van der Waals surface area contributed by atoms with Crippen LogP contribution in [0, 0.1) is 18.3 Å². The van der Waals surface area contributed by atoms with Gasteiger partial charge in [0.2, 0.25) is 0 Å². The number of benzene rings is 1. The zero-order chi connectivity index (χ0) is 16.4. The molecule has 0 radical (unpaired) electrons. The van der Waals surface area contributed by atoms with Gasteiger partial charge < -0.3 is 0 Å². The van der Waals surface area contributed by atoms with Crippen LogP contribution in [-0.4, -0.2) is 14.5 Å². The topological polar surface area (TPSA) is 71.6 Å². The molecular weight excluding hydrogens is 308 g/mol. The minimum absolute atomic E-state index is 0.0771. The highest BCUT2D eigenvalue weighted by molar-refractivity contribution is 7.80. The van der Waals surface area contributed by atoms with E-state index in [4.69, 9.17) is 0 Å². The SMILES string of the molecule is Cc1ccc(-n2c(-c3ccncc3)nc(S)c(C#N)c2=O)cc1. The lowest BCUT2D eigenvalue weighted by Crippen LogP contribution is -2.25. The quantitative estimate of drug-likeness (QED) is 0.582. The molecule has 0 fully saturated rings. The highest BCUT2D eigenvalue weighted by Crippen LogP contribution is 2.21. The Labute approximate surface area is 138 Å². The summed E-state index contributed by atoms with van der Waals surface area (Å²) >= 11 is 4.18. The van der Waals surface area contributed by atoms with E-state index in [1.165, 1.54) is 4.57 Å². The lowest BCUT2D eigenvalue weighted by Gasteiger charge is -2.13. The van der Waals surface area contributed by atoms with Crippen LogP contribution in [0.2, 0.25) is 0 Å². The van der Waals surface area contributed by atoms with Crippen LogP contribution in [0.15, 0.2) is 58.6 Å². The van der Waals surface area contributed by atoms with Crippen molar-refractivity contribution in [1.29, 1.82) is 5.26 Å². The smallest absolute Gasteiger partial charge is 0.267 e. The molecule has 5 nitrogen and oxygen atoms in total. The number of hydrogen-bond donors (Lipinski definition) is 1. The molecular formula is C17H12N4OS. The summed E-state index contributed by atoms with van der Waals surface area (Å²) in [5, 5.41) is 9.33. The fraction of sp³-hybridized carbons (Fsp3) is 0.0588. The van der Waals surface area contributed by atoms with E-state index >= 15 is 0 Å². The number of rotatable bonds is 2. The maximum atomic E-state index is 12.7. The Morgan fingerprint density at radius 3 is 2.39 bits per heavy atom. The monoisotopic (exact) mass is 320 g/mol. The van der Waals surface area contributed by atoms with Crippen LogP contribution < -0.4 is 5.56 Å². The van der Waals surface area contributed by atoms with Crippen molar-refractivity contribution in [1.82, 2.24) is 14.5 Å². The second-order valence-electron chi connectivity index (χ2n) is 4.96. The molecule has 23 heavy (non-hydrogen) atoms. The van der Waals surface area contributed by atoms with E-state index in [-0.39, 0.29) is 10.6 Å². The number of nitrogens with zero attached hydrogens (tertiary/aromatic N) is 4. The standard InChI is InChI=1S/C17H12N4OS/c1-11-2-4-13(5-3-11)21-15(12-6-8-19-9-7-12)20-16(23)14(10-18)17(21)22/h2-9,23H,1H3. The molecule has 0 aliphatic heterocycles. The first kappa shape index (κ1) is 15.0. The van der Waals surface area contributed by atoms with Crippen LogP contribution in [0.1, 0.15) is 11.1 Å². The van der Waals surface area contributed by atoms with Gasteiger partial charge in [0, 0.05) is 18.0 Å². The second kappa shape index (κ2) is 6.07. The average Bonchev–Trinajstić information content (AvgIpc) is 2.57. The first-order valence-electron chi connectivity index (χ1n) is 6.85. The predicted octanol–water partition coefficient (Wildman–Crippen LogP) is 2.76. The number of thiol groups is 1. The van der Waals surface area contributed by atoms with E-state index in [0.29, 0.717) is 11.5 Å². The number of pyridine rings is 1. The van der Waals surface area contributed by atoms with Gasteiger partial charge in [0.25, 0.3) is 5.56 Å². The lowest BCUT2D eigenvalue weighted by molar-refractivity contribution is 0.893. The summed E-state index contributed by atoms with van der Waals surface area (Å²) in [5.41, 5.74) is 1.92. The number of hydrogen-bond acceptors (Lipinski definition) is 5. The minimum atomic E-state index is -0.442. The van der Waals surface area contributed by atoms with Crippen molar-refractivity contribution in [3.05, 3.63) is 70.3 Å². The zero-order valence-corrected chi connectivity index (χ0v) is 13.2. The summed E-state index contributed by atoms with van der Waals surface area (Å²) in [6.07, 6.45) is 3.24. The van der Waals surface area contributed by atoms with Gasteiger partial charge in [-0.15, -0.1) is 12.6 Å². The van der Waals surface area contributed by atoms with Crippen molar-refractivity contribution < 1.29 is 0 Å². The molecule has 6 heteroatoms. The first-order valence-corrected chi connectivity index (χ1v) is 7.30. The Morgan fingerprint density at radius 1 is 1.13 bits per heavy atom. The molecule has 1 aromatic carbocycles. The van der Waals surface area contributed by atoms with E-state index in [1.54, 1.807) is 24.5 Å². The van der Waals surface area contributed by atoms with Gasteiger partial charge in [-0.1, -0.05) is 17.7 Å². The molecule has 0 saturated heterocycles. The van der Waals surface area contributed by atoms with Gasteiger partial charge in [-0.2, -0.15) is 5.26 Å². The summed E-state index contributed by atoms with van der Waals surface area (Å²) in [6, 6.07) is 12.8. The summed E-state index contributed by atoms with van der Waals surface area (Å²) < 4.78 is 1.42. The molecule has 0 amide bonds. The van der Waals surface area contributed by atoms with Crippen molar-refractivity contribution >= 4 is 12.6 Å². The van der Waals surface area contributed by atoms with Crippen LogP contribution in [0.4, 0.5) is 0 Å². The zero-order valence-electron chi connectivity index (χ0n) is 12.3. The van der Waals surface area contributed by atoms with Crippen LogP contribution in [-0.2, 0) is 0 Å². The van der Waals surface area contributed by atoms with Crippen LogP contribution in [0.25, 0.3) is 17.1 Å². The number of aryl methyl sites for hydroxylation is 1. The molecule has 0 N–H and O–H groups in total. The Bertz CT molecular complexity index is 957. The second-order valence-corrected chi connectivity index (χ2v) is 5.38. The number of aromatic nitrogens is 3. The van der Waals surface area contributed by atoms with Gasteiger partial charge >= 0.3 is 0 Å². The molecule has 2 aromatic heterocycles. The molecule has 3 aromatic rings. The third kappa shape index (κ3) is 2.74. The van der Waals surface area contributed by atoms with E-state index in [9.17, 15) is 10.1 Å². The molecule has 2 heterocycles. The Hall–Kier alpha value is -2.91. The van der Waals surface area contributed by atoms with Crippen LogP contribution in [0.3, 0.4) is 0 Å². The van der Waals surface area contributed by atoms with E-state index in [2.05, 4.69) is 22.6 Å². The van der Waals surface area contributed by atoms with Crippen LogP contribution >= 0.6 is 12.6 Å². The van der Waals surface area contributed by atoms with Gasteiger partial charge in [-0.05, 0) is 31.2 Å². The molecule has 112 valence electrons. The van der Waals surface area contributed by atoms with Gasteiger partial charge in [0.15, 0.2) is 0 Å². The predicted molar refractivity (Wildman–Crippen MR) is 89.8 cm³/mol. The maximum Gasteiger partial charge on any atom is 0.277 e. The summed E-state index contributed by atoms with van der Waals surface area (Å²) in [4.78, 5) is 21.1. The van der Waals surface area contributed by atoms with Crippen molar-refractivity contribution in [3.8, 4) is 23.1 Å². The van der Waals surface area contributed by atoms with Crippen molar-refractivity contribution in [2.75, 3.05) is 0 Å². The molecule has 0 bridgehead atoms.